The molecule has 2 aromatic rings. The fourth-order valence-corrected chi connectivity index (χ4v) is 3.68. The summed E-state index contributed by atoms with van der Waals surface area (Å²) in [6.07, 6.45) is 4.96. The Balaban J connectivity index is 1.49. The monoisotopic (exact) mass is 336 g/mol. The van der Waals surface area contributed by atoms with Crippen LogP contribution >= 0.6 is 0 Å². The Kier molecular flexibility index (Phi) is 3.79. The van der Waals surface area contributed by atoms with Crippen molar-refractivity contribution in [1.82, 2.24) is 9.88 Å². The predicted octanol–water partition coefficient (Wildman–Crippen LogP) is 3.03. The number of aryl methyl sites for hydroxylation is 1. The second kappa shape index (κ2) is 5.99. The number of hydrogen-bond donors (Lipinski definition) is 0. The highest BCUT2D eigenvalue weighted by molar-refractivity contribution is 6.00. The zero-order valence-electron chi connectivity index (χ0n) is 14.2. The van der Waals surface area contributed by atoms with Gasteiger partial charge >= 0.3 is 0 Å². The molecule has 2 aliphatic heterocycles. The van der Waals surface area contributed by atoms with E-state index in [0.29, 0.717) is 49.2 Å². The van der Waals surface area contributed by atoms with Crippen LogP contribution in [0.15, 0.2) is 42.7 Å². The quantitative estimate of drug-likeness (QED) is 0.803. The van der Waals surface area contributed by atoms with Crippen molar-refractivity contribution in [2.45, 2.75) is 31.8 Å². The van der Waals surface area contributed by atoms with Gasteiger partial charge in [-0.2, -0.15) is 0 Å². The van der Waals surface area contributed by atoms with Crippen molar-refractivity contribution < 1.29 is 14.3 Å². The summed E-state index contributed by atoms with van der Waals surface area (Å²) in [5.74, 6) is 0.798. The molecule has 0 bridgehead atoms. The van der Waals surface area contributed by atoms with E-state index in [4.69, 9.17) is 4.74 Å². The Morgan fingerprint density at radius 2 is 2.04 bits per heavy atom. The molecule has 0 radical (unpaired) electrons. The van der Waals surface area contributed by atoms with Gasteiger partial charge in [-0.15, -0.1) is 0 Å². The smallest absolute Gasteiger partial charge is 0.255 e. The van der Waals surface area contributed by atoms with Crippen molar-refractivity contribution in [3.8, 4) is 5.75 Å². The summed E-state index contributed by atoms with van der Waals surface area (Å²) in [6.45, 7) is 3.14. The van der Waals surface area contributed by atoms with E-state index in [1.54, 1.807) is 24.5 Å². The number of hydrogen-bond acceptors (Lipinski definition) is 4. The standard InChI is InChI=1S/C20H20N2O3/c1-14-4-5-18-16(11-14)17(23)12-20(25-18)6-9-22(10-7-20)19(24)15-3-2-8-21-13-15/h2-5,8,11,13H,6-7,9-10,12H2,1H3. The second-order valence-electron chi connectivity index (χ2n) is 6.92. The third kappa shape index (κ3) is 2.90. The van der Waals surface area contributed by atoms with Crippen LogP contribution in [0.25, 0.3) is 0 Å². The number of likely N-dealkylation sites (tertiary alicyclic amines) is 1. The highest BCUT2D eigenvalue weighted by Crippen LogP contribution is 2.39. The van der Waals surface area contributed by atoms with Gasteiger partial charge in [0.05, 0.1) is 17.5 Å². The van der Waals surface area contributed by atoms with E-state index in [1.807, 2.05) is 30.0 Å². The molecule has 1 spiro atoms. The summed E-state index contributed by atoms with van der Waals surface area (Å²) in [4.78, 5) is 31.0. The molecule has 1 aromatic carbocycles. The minimum atomic E-state index is -0.481. The van der Waals surface area contributed by atoms with Crippen molar-refractivity contribution in [3.05, 3.63) is 59.4 Å². The number of Topliss-reactive ketones (excluding diaryl/α,β-unsaturated/α-hetero) is 1. The number of carbonyl (C=O) groups is 2. The molecule has 5 heteroatoms. The minimum absolute atomic E-state index is 0.0129. The first kappa shape index (κ1) is 15.8. The number of fused-ring (bicyclic) bond motifs is 1. The maximum absolute atomic E-state index is 12.6. The van der Waals surface area contributed by atoms with Gasteiger partial charge in [0.15, 0.2) is 5.78 Å². The molecule has 0 atom stereocenters. The molecule has 0 aliphatic carbocycles. The lowest BCUT2D eigenvalue weighted by Gasteiger charge is -2.44. The number of benzene rings is 1. The topological polar surface area (TPSA) is 59.5 Å². The number of ketones is 1. The van der Waals surface area contributed by atoms with Crippen LogP contribution in [0.4, 0.5) is 0 Å². The molecule has 1 fully saturated rings. The Hall–Kier alpha value is -2.69. The molecule has 1 saturated heterocycles. The van der Waals surface area contributed by atoms with E-state index in [9.17, 15) is 9.59 Å². The molecule has 2 aliphatic rings. The van der Waals surface area contributed by atoms with Crippen LogP contribution in [0, 0.1) is 6.92 Å². The third-order valence-electron chi connectivity index (χ3n) is 5.12. The summed E-state index contributed by atoms with van der Waals surface area (Å²) < 4.78 is 6.25. The first-order chi connectivity index (χ1) is 12.1. The van der Waals surface area contributed by atoms with Gasteiger partial charge in [0.25, 0.3) is 5.91 Å². The van der Waals surface area contributed by atoms with Crippen molar-refractivity contribution >= 4 is 11.7 Å². The average Bonchev–Trinajstić information content (AvgIpc) is 2.63. The zero-order chi connectivity index (χ0) is 17.4. The molecule has 128 valence electrons. The Morgan fingerprint density at radius 3 is 2.76 bits per heavy atom. The normalized spacial score (nSPS) is 18.6. The zero-order valence-corrected chi connectivity index (χ0v) is 14.2. The van der Waals surface area contributed by atoms with E-state index in [0.717, 1.165) is 5.56 Å². The van der Waals surface area contributed by atoms with E-state index >= 15 is 0 Å². The van der Waals surface area contributed by atoms with Gasteiger partial charge in [0, 0.05) is 38.3 Å². The fraction of sp³-hybridized carbons (Fsp3) is 0.350. The molecule has 1 aromatic heterocycles. The Bertz CT molecular complexity index is 824. The van der Waals surface area contributed by atoms with Crippen LogP contribution in [0.5, 0.6) is 5.75 Å². The van der Waals surface area contributed by atoms with E-state index in [2.05, 4.69) is 4.98 Å². The number of piperidine rings is 1. The second-order valence-corrected chi connectivity index (χ2v) is 6.92. The molecule has 0 N–H and O–H groups in total. The van der Waals surface area contributed by atoms with Gasteiger partial charge < -0.3 is 9.64 Å². The minimum Gasteiger partial charge on any atom is -0.486 e. The molecule has 5 nitrogen and oxygen atoms in total. The highest BCUT2D eigenvalue weighted by atomic mass is 16.5. The number of nitrogens with zero attached hydrogens (tertiary/aromatic N) is 2. The van der Waals surface area contributed by atoms with Crippen LogP contribution < -0.4 is 4.74 Å². The number of ether oxygens (including phenoxy) is 1. The van der Waals surface area contributed by atoms with Crippen molar-refractivity contribution in [2.75, 3.05) is 13.1 Å². The van der Waals surface area contributed by atoms with Gasteiger partial charge in [-0.05, 0) is 31.2 Å². The van der Waals surface area contributed by atoms with Crippen LogP contribution in [0.2, 0.25) is 0 Å². The van der Waals surface area contributed by atoms with E-state index in [1.165, 1.54) is 0 Å². The highest BCUT2D eigenvalue weighted by Gasteiger charge is 2.43. The molecule has 3 heterocycles. The van der Waals surface area contributed by atoms with Crippen molar-refractivity contribution in [2.24, 2.45) is 0 Å². The molecule has 1 amide bonds. The first-order valence-electron chi connectivity index (χ1n) is 8.59. The van der Waals surface area contributed by atoms with Gasteiger partial charge in [-0.3, -0.25) is 14.6 Å². The number of amides is 1. The average molecular weight is 336 g/mol. The molecular formula is C20H20N2O3. The van der Waals surface area contributed by atoms with Crippen LogP contribution in [0.3, 0.4) is 0 Å². The number of rotatable bonds is 1. The Morgan fingerprint density at radius 1 is 1.24 bits per heavy atom. The number of pyridine rings is 1. The summed E-state index contributed by atoms with van der Waals surface area (Å²) >= 11 is 0. The lowest BCUT2D eigenvalue weighted by Crippen LogP contribution is -2.52. The van der Waals surface area contributed by atoms with Crippen molar-refractivity contribution in [3.63, 3.8) is 0 Å². The van der Waals surface area contributed by atoms with Gasteiger partial charge in [0.1, 0.15) is 11.4 Å². The first-order valence-corrected chi connectivity index (χ1v) is 8.59. The molecule has 0 saturated carbocycles. The van der Waals surface area contributed by atoms with Gasteiger partial charge in [0.2, 0.25) is 0 Å². The van der Waals surface area contributed by atoms with Crippen LogP contribution in [-0.4, -0.2) is 40.3 Å². The maximum atomic E-state index is 12.6. The van der Waals surface area contributed by atoms with Crippen molar-refractivity contribution in [1.29, 1.82) is 0 Å². The predicted molar refractivity (Wildman–Crippen MR) is 92.9 cm³/mol. The molecule has 0 unspecified atom stereocenters. The summed E-state index contributed by atoms with van der Waals surface area (Å²) in [5.41, 5.74) is 1.85. The lowest BCUT2D eigenvalue weighted by molar-refractivity contribution is -0.00573. The Labute approximate surface area is 146 Å². The van der Waals surface area contributed by atoms with Gasteiger partial charge in [-0.25, -0.2) is 0 Å². The maximum Gasteiger partial charge on any atom is 0.255 e. The summed E-state index contributed by atoms with van der Waals surface area (Å²) in [5, 5.41) is 0. The molecule has 4 rings (SSSR count). The largest absolute Gasteiger partial charge is 0.486 e. The summed E-state index contributed by atoms with van der Waals surface area (Å²) in [6, 6.07) is 9.29. The summed E-state index contributed by atoms with van der Waals surface area (Å²) in [7, 11) is 0. The number of carbonyl (C=O) groups excluding carboxylic acids is 2. The number of aromatic nitrogens is 1. The van der Waals surface area contributed by atoms with E-state index < -0.39 is 5.60 Å². The molecular weight excluding hydrogens is 316 g/mol. The SMILES string of the molecule is Cc1ccc2c(c1)C(=O)CC1(CCN(C(=O)c3cccnc3)CC1)O2. The molecule has 25 heavy (non-hydrogen) atoms. The van der Waals surface area contributed by atoms with Crippen LogP contribution in [0.1, 0.15) is 45.5 Å². The third-order valence-corrected chi connectivity index (χ3v) is 5.12. The van der Waals surface area contributed by atoms with Gasteiger partial charge in [-0.1, -0.05) is 11.6 Å². The fourth-order valence-electron chi connectivity index (χ4n) is 3.68. The lowest BCUT2D eigenvalue weighted by atomic mass is 9.82. The van der Waals surface area contributed by atoms with Crippen LogP contribution in [-0.2, 0) is 0 Å². The van der Waals surface area contributed by atoms with E-state index in [-0.39, 0.29) is 11.7 Å².